The van der Waals surface area contributed by atoms with E-state index in [0.717, 1.165) is 0 Å². The maximum Gasteiger partial charge on any atom is 0.422 e. The molecule has 21 heavy (non-hydrogen) atoms. The SMILES string of the molecule is Cc1cncc(=O)n1Cc1ccc(OCC(F)(F)F)nn1. The quantitative estimate of drug-likeness (QED) is 0.852. The number of aryl methyl sites for hydroxylation is 1. The molecule has 0 unspecified atom stereocenters. The average molecular weight is 300 g/mol. The molecule has 0 fully saturated rings. The zero-order valence-electron chi connectivity index (χ0n) is 11.0. The van der Waals surface area contributed by atoms with Gasteiger partial charge in [0.1, 0.15) is 0 Å². The van der Waals surface area contributed by atoms with Gasteiger partial charge in [0.15, 0.2) is 6.61 Å². The van der Waals surface area contributed by atoms with Gasteiger partial charge in [-0.05, 0) is 13.0 Å². The molecule has 2 aromatic heterocycles. The number of rotatable bonds is 4. The Morgan fingerprint density at radius 1 is 1.24 bits per heavy atom. The van der Waals surface area contributed by atoms with Crippen molar-refractivity contribution in [1.29, 1.82) is 0 Å². The summed E-state index contributed by atoms with van der Waals surface area (Å²) >= 11 is 0. The van der Waals surface area contributed by atoms with Crippen molar-refractivity contribution in [2.45, 2.75) is 19.6 Å². The molecule has 2 aromatic rings. The lowest BCUT2D eigenvalue weighted by molar-refractivity contribution is -0.154. The highest BCUT2D eigenvalue weighted by atomic mass is 19.4. The fraction of sp³-hybridized carbons (Fsp3) is 0.333. The molecule has 0 amide bonds. The summed E-state index contributed by atoms with van der Waals surface area (Å²) in [4.78, 5) is 15.4. The van der Waals surface area contributed by atoms with Crippen LogP contribution < -0.4 is 10.3 Å². The van der Waals surface area contributed by atoms with E-state index in [9.17, 15) is 18.0 Å². The van der Waals surface area contributed by atoms with Crippen LogP contribution in [-0.2, 0) is 6.54 Å². The van der Waals surface area contributed by atoms with Gasteiger partial charge in [0, 0.05) is 18.0 Å². The molecule has 0 spiro atoms. The minimum atomic E-state index is -4.43. The van der Waals surface area contributed by atoms with Crippen LogP contribution in [0.25, 0.3) is 0 Å². The smallest absolute Gasteiger partial charge is 0.422 e. The largest absolute Gasteiger partial charge is 0.467 e. The standard InChI is InChI=1S/C12H11F3N4O2/c1-8-4-16-5-11(20)19(8)6-9-2-3-10(18-17-9)21-7-12(13,14)15/h2-5H,6-7H2,1H3. The number of nitrogens with zero attached hydrogens (tertiary/aromatic N) is 4. The van der Waals surface area contributed by atoms with Crippen molar-refractivity contribution in [2.75, 3.05) is 6.61 Å². The lowest BCUT2D eigenvalue weighted by atomic mass is 10.3. The second kappa shape index (κ2) is 5.90. The number of ether oxygens (including phenoxy) is 1. The van der Waals surface area contributed by atoms with Crippen molar-refractivity contribution in [2.24, 2.45) is 0 Å². The lowest BCUT2D eigenvalue weighted by Gasteiger charge is -2.09. The van der Waals surface area contributed by atoms with Crippen molar-refractivity contribution < 1.29 is 17.9 Å². The average Bonchev–Trinajstić information content (AvgIpc) is 2.41. The molecule has 2 heterocycles. The van der Waals surface area contributed by atoms with Crippen molar-refractivity contribution >= 4 is 0 Å². The molecule has 0 atom stereocenters. The molecule has 0 saturated carbocycles. The Bertz CT molecular complexity index is 667. The van der Waals surface area contributed by atoms with Crippen molar-refractivity contribution in [3.8, 4) is 5.88 Å². The fourth-order valence-corrected chi connectivity index (χ4v) is 1.55. The van der Waals surface area contributed by atoms with E-state index in [-0.39, 0.29) is 18.0 Å². The van der Waals surface area contributed by atoms with Gasteiger partial charge in [0.25, 0.3) is 5.56 Å². The van der Waals surface area contributed by atoms with Gasteiger partial charge in [-0.2, -0.15) is 13.2 Å². The topological polar surface area (TPSA) is 69.9 Å². The Balaban J connectivity index is 2.08. The second-order valence-electron chi connectivity index (χ2n) is 4.24. The van der Waals surface area contributed by atoms with Crippen LogP contribution in [0.5, 0.6) is 5.88 Å². The highest BCUT2D eigenvalue weighted by Gasteiger charge is 2.28. The first kappa shape index (κ1) is 14.9. The van der Waals surface area contributed by atoms with Gasteiger partial charge in [0.05, 0.1) is 18.4 Å². The molecule has 0 aliphatic heterocycles. The first-order valence-electron chi connectivity index (χ1n) is 5.89. The summed E-state index contributed by atoms with van der Waals surface area (Å²) < 4.78 is 41.8. The zero-order chi connectivity index (χ0) is 15.5. The number of hydrogen-bond donors (Lipinski definition) is 0. The van der Waals surface area contributed by atoms with Crippen LogP contribution in [0.15, 0.2) is 29.3 Å². The summed E-state index contributed by atoms with van der Waals surface area (Å²) in [5.74, 6) is -0.227. The van der Waals surface area contributed by atoms with E-state index in [1.807, 2.05) is 0 Å². The number of halogens is 3. The minimum Gasteiger partial charge on any atom is -0.467 e. The van der Waals surface area contributed by atoms with Gasteiger partial charge < -0.3 is 9.30 Å². The third kappa shape index (κ3) is 4.26. The molecule has 0 N–H and O–H groups in total. The van der Waals surface area contributed by atoms with Crippen LogP contribution in [0.2, 0.25) is 0 Å². The molecule has 0 aliphatic rings. The van der Waals surface area contributed by atoms with E-state index in [4.69, 9.17) is 0 Å². The van der Waals surface area contributed by atoms with E-state index in [1.54, 1.807) is 6.92 Å². The van der Waals surface area contributed by atoms with E-state index in [2.05, 4.69) is 19.9 Å². The molecule has 0 aromatic carbocycles. The molecule has 0 radical (unpaired) electrons. The van der Waals surface area contributed by atoms with Crippen LogP contribution in [0, 0.1) is 6.92 Å². The Kier molecular flexibility index (Phi) is 4.20. The summed E-state index contributed by atoms with van der Waals surface area (Å²) in [6.45, 7) is 0.437. The maximum absolute atomic E-state index is 12.0. The van der Waals surface area contributed by atoms with Crippen LogP contribution in [0.1, 0.15) is 11.4 Å². The molecule has 0 bridgehead atoms. The van der Waals surface area contributed by atoms with Gasteiger partial charge in [0.2, 0.25) is 5.88 Å². The van der Waals surface area contributed by atoms with E-state index in [1.165, 1.54) is 29.1 Å². The highest BCUT2D eigenvalue weighted by Crippen LogP contribution is 2.16. The number of alkyl halides is 3. The molecule has 6 nitrogen and oxygen atoms in total. The summed E-state index contributed by atoms with van der Waals surface area (Å²) in [5.41, 5.74) is 0.765. The van der Waals surface area contributed by atoms with E-state index in [0.29, 0.717) is 11.4 Å². The molecule has 0 saturated heterocycles. The Morgan fingerprint density at radius 3 is 2.57 bits per heavy atom. The molecule has 9 heteroatoms. The fourth-order valence-electron chi connectivity index (χ4n) is 1.55. The molecular weight excluding hydrogens is 289 g/mol. The predicted molar refractivity (Wildman–Crippen MR) is 65.9 cm³/mol. The summed E-state index contributed by atoms with van der Waals surface area (Å²) in [6, 6.07) is 2.72. The number of hydrogen-bond acceptors (Lipinski definition) is 5. The van der Waals surface area contributed by atoms with Crippen LogP contribution in [0.4, 0.5) is 13.2 Å². The first-order chi connectivity index (χ1) is 9.85. The normalized spacial score (nSPS) is 11.4. The van der Waals surface area contributed by atoms with Gasteiger partial charge in [-0.3, -0.25) is 9.78 Å². The van der Waals surface area contributed by atoms with Crippen molar-refractivity contribution in [1.82, 2.24) is 19.7 Å². The second-order valence-corrected chi connectivity index (χ2v) is 4.24. The number of aromatic nitrogens is 4. The summed E-state index contributed by atoms with van der Waals surface area (Å²) in [5, 5.41) is 7.27. The summed E-state index contributed by atoms with van der Waals surface area (Å²) in [7, 11) is 0. The third-order valence-corrected chi connectivity index (χ3v) is 2.54. The van der Waals surface area contributed by atoms with Gasteiger partial charge in [-0.15, -0.1) is 10.2 Å². The summed E-state index contributed by atoms with van der Waals surface area (Å²) in [6.07, 6.45) is -1.74. The van der Waals surface area contributed by atoms with Gasteiger partial charge >= 0.3 is 6.18 Å². The third-order valence-electron chi connectivity index (χ3n) is 2.54. The monoisotopic (exact) mass is 300 g/mol. The van der Waals surface area contributed by atoms with E-state index < -0.39 is 12.8 Å². The zero-order valence-corrected chi connectivity index (χ0v) is 11.0. The van der Waals surface area contributed by atoms with Gasteiger partial charge in [-0.25, -0.2) is 0 Å². The maximum atomic E-state index is 12.0. The molecular formula is C12H11F3N4O2. The lowest BCUT2D eigenvalue weighted by Crippen LogP contribution is -2.23. The minimum absolute atomic E-state index is 0.153. The van der Waals surface area contributed by atoms with E-state index >= 15 is 0 Å². The van der Waals surface area contributed by atoms with Crippen LogP contribution in [-0.4, -0.2) is 32.5 Å². The van der Waals surface area contributed by atoms with Gasteiger partial charge in [-0.1, -0.05) is 0 Å². The van der Waals surface area contributed by atoms with Crippen molar-refractivity contribution in [3.05, 3.63) is 46.3 Å². The Morgan fingerprint density at radius 2 is 2.00 bits per heavy atom. The molecule has 112 valence electrons. The van der Waals surface area contributed by atoms with Crippen molar-refractivity contribution in [3.63, 3.8) is 0 Å². The first-order valence-corrected chi connectivity index (χ1v) is 5.89. The molecule has 2 rings (SSSR count). The van der Waals surface area contributed by atoms with Crippen LogP contribution >= 0.6 is 0 Å². The Labute approximate surface area is 117 Å². The highest BCUT2D eigenvalue weighted by molar-refractivity contribution is 5.12. The Hall–Kier alpha value is -2.45. The molecule has 0 aliphatic carbocycles. The predicted octanol–water partition coefficient (Wildman–Crippen LogP) is 1.33. The van der Waals surface area contributed by atoms with Crippen LogP contribution in [0.3, 0.4) is 0 Å².